The molecule has 2 heterocycles. The average Bonchev–Trinajstić information content (AvgIpc) is 2.91. The zero-order valence-electron chi connectivity index (χ0n) is 12.8. The number of anilines is 1. The lowest BCUT2D eigenvalue weighted by Gasteiger charge is -2.07. The molecule has 0 unspecified atom stereocenters. The molecule has 114 valence electrons. The first kappa shape index (κ1) is 13.8. The van der Waals surface area contributed by atoms with Crippen LogP contribution in [0.2, 0.25) is 0 Å². The van der Waals surface area contributed by atoms with Gasteiger partial charge in [-0.3, -0.25) is 9.59 Å². The fraction of sp³-hybridized carbons (Fsp3) is 0.158. The van der Waals surface area contributed by atoms with E-state index in [-0.39, 0.29) is 11.7 Å². The lowest BCUT2D eigenvalue weighted by molar-refractivity contribution is -0.116. The van der Waals surface area contributed by atoms with E-state index in [1.807, 2.05) is 31.2 Å². The zero-order valence-corrected chi connectivity index (χ0v) is 12.8. The van der Waals surface area contributed by atoms with Gasteiger partial charge >= 0.3 is 0 Å². The van der Waals surface area contributed by atoms with E-state index in [1.165, 1.54) is 0 Å². The van der Waals surface area contributed by atoms with Crippen LogP contribution in [-0.2, 0) is 11.2 Å². The lowest BCUT2D eigenvalue weighted by Crippen LogP contribution is -2.13. The van der Waals surface area contributed by atoms with E-state index in [0.29, 0.717) is 29.8 Å². The van der Waals surface area contributed by atoms with Crippen molar-refractivity contribution in [2.24, 2.45) is 0 Å². The molecule has 2 N–H and O–H groups in total. The third-order valence-electron chi connectivity index (χ3n) is 4.34. The molecule has 4 rings (SSSR count). The van der Waals surface area contributed by atoms with Gasteiger partial charge in [0, 0.05) is 22.9 Å². The van der Waals surface area contributed by atoms with Crippen molar-refractivity contribution in [3.8, 4) is 0 Å². The van der Waals surface area contributed by atoms with E-state index in [9.17, 15) is 9.59 Å². The standard InChI is InChI=1S/C19H16N2O2/c1-11-6-8-16-14(10-11)12-7-9-17(22)20-15-5-3-2-4-13(15)19(23)18(12)21-16/h2-6,8,10,21H,7,9H2,1H3,(H,20,22). The summed E-state index contributed by atoms with van der Waals surface area (Å²) in [4.78, 5) is 28.4. The van der Waals surface area contributed by atoms with Crippen molar-refractivity contribution in [2.75, 3.05) is 5.32 Å². The number of hydrogen-bond donors (Lipinski definition) is 2. The Labute approximate surface area is 133 Å². The van der Waals surface area contributed by atoms with E-state index in [2.05, 4.69) is 16.4 Å². The van der Waals surface area contributed by atoms with Gasteiger partial charge in [-0.1, -0.05) is 23.8 Å². The topological polar surface area (TPSA) is 62.0 Å². The summed E-state index contributed by atoms with van der Waals surface area (Å²) in [5.41, 5.74) is 4.69. The number of ketones is 1. The highest BCUT2D eigenvalue weighted by Crippen LogP contribution is 2.30. The van der Waals surface area contributed by atoms with Gasteiger partial charge in [0.2, 0.25) is 11.7 Å². The van der Waals surface area contributed by atoms with Gasteiger partial charge in [-0.05, 0) is 43.2 Å². The summed E-state index contributed by atoms with van der Waals surface area (Å²) in [6.45, 7) is 2.03. The number of carbonyl (C=O) groups excluding carboxylic acids is 2. The zero-order chi connectivity index (χ0) is 16.0. The summed E-state index contributed by atoms with van der Waals surface area (Å²) in [6.07, 6.45) is 0.903. The fourth-order valence-electron chi connectivity index (χ4n) is 3.19. The van der Waals surface area contributed by atoms with Crippen LogP contribution in [0.1, 0.15) is 33.6 Å². The summed E-state index contributed by atoms with van der Waals surface area (Å²) in [6, 6.07) is 13.2. The smallest absolute Gasteiger partial charge is 0.224 e. The van der Waals surface area contributed by atoms with E-state index in [1.54, 1.807) is 12.1 Å². The molecule has 0 atom stereocenters. The predicted octanol–water partition coefficient (Wildman–Crippen LogP) is 3.59. The number of carbonyl (C=O) groups is 2. The van der Waals surface area contributed by atoms with E-state index < -0.39 is 0 Å². The van der Waals surface area contributed by atoms with Crippen LogP contribution in [0, 0.1) is 6.92 Å². The predicted molar refractivity (Wildman–Crippen MR) is 89.9 cm³/mol. The molecule has 0 fully saturated rings. The SMILES string of the molecule is Cc1ccc2[nH]c3c(c2c1)CCC(=O)Nc1ccccc1C3=O. The van der Waals surface area contributed by atoms with E-state index in [4.69, 9.17) is 0 Å². The molecule has 3 aromatic rings. The second kappa shape index (κ2) is 5.09. The highest BCUT2D eigenvalue weighted by molar-refractivity contribution is 6.16. The minimum atomic E-state index is -0.0772. The first-order chi connectivity index (χ1) is 11.1. The van der Waals surface area contributed by atoms with Crippen LogP contribution >= 0.6 is 0 Å². The molecule has 4 nitrogen and oxygen atoms in total. The molecule has 4 heteroatoms. The summed E-state index contributed by atoms with van der Waals surface area (Å²) < 4.78 is 0. The van der Waals surface area contributed by atoms with Crippen molar-refractivity contribution in [3.05, 3.63) is 64.8 Å². The van der Waals surface area contributed by atoms with Crippen LogP contribution in [-0.4, -0.2) is 16.7 Å². The van der Waals surface area contributed by atoms with Gasteiger partial charge in [0.15, 0.2) is 0 Å². The van der Waals surface area contributed by atoms with Gasteiger partial charge < -0.3 is 10.3 Å². The Morgan fingerprint density at radius 1 is 1.00 bits per heavy atom. The van der Waals surface area contributed by atoms with Crippen LogP contribution in [0.3, 0.4) is 0 Å². The second-order valence-electron chi connectivity index (χ2n) is 5.95. The van der Waals surface area contributed by atoms with Crippen molar-refractivity contribution < 1.29 is 9.59 Å². The Kier molecular flexibility index (Phi) is 3.05. The van der Waals surface area contributed by atoms with Crippen LogP contribution in [0.15, 0.2) is 42.5 Å². The highest BCUT2D eigenvalue weighted by atomic mass is 16.1. The summed E-state index contributed by atoms with van der Waals surface area (Å²) >= 11 is 0. The van der Waals surface area contributed by atoms with Crippen molar-refractivity contribution in [1.29, 1.82) is 0 Å². The Balaban J connectivity index is 1.99. The molecule has 0 spiro atoms. The molecule has 0 bridgehead atoms. The number of fused-ring (bicyclic) bond motifs is 4. The maximum Gasteiger partial charge on any atom is 0.224 e. The normalized spacial score (nSPS) is 14.5. The summed E-state index contributed by atoms with van der Waals surface area (Å²) in [5, 5.41) is 3.87. The van der Waals surface area contributed by atoms with Gasteiger partial charge in [0.25, 0.3) is 0 Å². The molecule has 0 aliphatic carbocycles. The quantitative estimate of drug-likeness (QED) is 0.666. The number of aromatic amines is 1. The Morgan fingerprint density at radius 2 is 1.83 bits per heavy atom. The first-order valence-corrected chi connectivity index (χ1v) is 7.68. The largest absolute Gasteiger partial charge is 0.352 e. The van der Waals surface area contributed by atoms with Crippen molar-refractivity contribution >= 4 is 28.3 Å². The van der Waals surface area contributed by atoms with Crippen LogP contribution < -0.4 is 5.32 Å². The van der Waals surface area contributed by atoms with E-state index in [0.717, 1.165) is 22.0 Å². The van der Waals surface area contributed by atoms with Crippen molar-refractivity contribution in [3.63, 3.8) is 0 Å². The number of benzene rings is 2. The molecule has 0 radical (unpaired) electrons. The number of rotatable bonds is 0. The van der Waals surface area contributed by atoms with Gasteiger partial charge in [-0.2, -0.15) is 0 Å². The number of hydrogen-bond acceptors (Lipinski definition) is 2. The molecule has 0 saturated carbocycles. The summed E-state index contributed by atoms with van der Waals surface area (Å²) in [7, 11) is 0. The molecule has 0 saturated heterocycles. The Bertz CT molecular complexity index is 953. The molecule has 23 heavy (non-hydrogen) atoms. The second-order valence-corrected chi connectivity index (χ2v) is 5.95. The molecule has 2 aromatic carbocycles. The van der Waals surface area contributed by atoms with Crippen molar-refractivity contribution in [1.82, 2.24) is 4.98 Å². The maximum atomic E-state index is 13.0. The average molecular weight is 304 g/mol. The van der Waals surface area contributed by atoms with Gasteiger partial charge in [0.05, 0.1) is 11.4 Å². The number of nitrogens with one attached hydrogen (secondary N) is 2. The minimum absolute atomic E-state index is 0.0693. The molecule has 1 aliphatic rings. The van der Waals surface area contributed by atoms with Crippen molar-refractivity contribution in [2.45, 2.75) is 19.8 Å². The molecule has 1 aliphatic heterocycles. The number of H-pyrrole nitrogens is 1. The number of aryl methyl sites for hydroxylation is 2. The number of amides is 1. The van der Waals surface area contributed by atoms with Crippen LogP contribution in [0.5, 0.6) is 0 Å². The Hall–Kier alpha value is -2.88. The van der Waals surface area contributed by atoms with Gasteiger partial charge in [-0.25, -0.2) is 0 Å². The lowest BCUT2D eigenvalue weighted by atomic mass is 9.99. The third-order valence-corrected chi connectivity index (χ3v) is 4.34. The van der Waals surface area contributed by atoms with Gasteiger partial charge in [0.1, 0.15) is 0 Å². The number of para-hydroxylation sites is 1. The molecule has 1 amide bonds. The molecule has 1 aromatic heterocycles. The fourth-order valence-corrected chi connectivity index (χ4v) is 3.19. The monoisotopic (exact) mass is 304 g/mol. The third kappa shape index (κ3) is 2.23. The van der Waals surface area contributed by atoms with Gasteiger partial charge in [-0.15, -0.1) is 0 Å². The summed E-state index contributed by atoms with van der Waals surface area (Å²) in [5.74, 6) is -0.147. The maximum absolute atomic E-state index is 13.0. The van der Waals surface area contributed by atoms with Crippen LogP contribution in [0.4, 0.5) is 5.69 Å². The number of aromatic nitrogens is 1. The first-order valence-electron chi connectivity index (χ1n) is 7.68. The minimum Gasteiger partial charge on any atom is -0.352 e. The van der Waals surface area contributed by atoms with Crippen LogP contribution in [0.25, 0.3) is 10.9 Å². The highest BCUT2D eigenvalue weighted by Gasteiger charge is 2.24. The molecular formula is C19H16N2O2. The molecular weight excluding hydrogens is 288 g/mol. The van der Waals surface area contributed by atoms with E-state index >= 15 is 0 Å². The Morgan fingerprint density at radius 3 is 2.70 bits per heavy atom.